The van der Waals surface area contributed by atoms with E-state index in [9.17, 15) is 4.79 Å². The zero-order valence-corrected chi connectivity index (χ0v) is 17.8. The molecule has 0 radical (unpaired) electrons. The summed E-state index contributed by atoms with van der Waals surface area (Å²) in [5.41, 5.74) is 5.38. The number of amides is 1. The molecular weight excluding hydrogens is 362 g/mol. The molecule has 0 aliphatic carbocycles. The Bertz CT molecular complexity index is 883. The molecule has 0 unspecified atom stereocenters. The molecule has 2 fully saturated rings. The molecule has 2 aliphatic rings. The fourth-order valence-electron chi connectivity index (χ4n) is 4.29. The molecule has 2 aromatic rings. The van der Waals surface area contributed by atoms with Crippen LogP contribution in [-0.4, -0.2) is 60.0 Å². The van der Waals surface area contributed by atoms with Crippen molar-refractivity contribution in [1.82, 2.24) is 14.9 Å². The van der Waals surface area contributed by atoms with Crippen LogP contribution in [0.3, 0.4) is 0 Å². The van der Waals surface area contributed by atoms with Gasteiger partial charge in [0.05, 0.1) is 0 Å². The van der Waals surface area contributed by atoms with Crippen LogP contribution >= 0.6 is 0 Å². The molecule has 6 heteroatoms. The van der Waals surface area contributed by atoms with Gasteiger partial charge in [0, 0.05) is 50.6 Å². The average Bonchev–Trinajstić information content (AvgIpc) is 2.75. The molecule has 0 spiro atoms. The Morgan fingerprint density at radius 3 is 2.28 bits per heavy atom. The van der Waals surface area contributed by atoms with E-state index in [-0.39, 0.29) is 5.91 Å². The molecule has 0 saturated carbocycles. The summed E-state index contributed by atoms with van der Waals surface area (Å²) < 4.78 is 0. The molecular formula is C23H31N5O. The maximum atomic E-state index is 12.9. The number of aryl methyl sites for hydroxylation is 2. The van der Waals surface area contributed by atoms with Gasteiger partial charge in [-0.3, -0.25) is 4.79 Å². The SMILES string of the molecule is Cc1cc(C(=O)N2CCCCC2)nc(N2CCN(c3cccc(C)c3C)CC2)n1. The second kappa shape index (κ2) is 8.39. The van der Waals surface area contributed by atoms with E-state index < -0.39 is 0 Å². The average molecular weight is 394 g/mol. The Hall–Kier alpha value is -2.63. The van der Waals surface area contributed by atoms with Crippen LogP contribution < -0.4 is 9.80 Å². The lowest BCUT2D eigenvalue weighted by Gasteiger charge is -2.37. The number of piperidine rings is 1. The number of likely N-dealkylation sites (tertiary alicyclic amines) is 1. The van der Waals surface area contributed by atoms with Crippen LogP contribution in [0.1, 0.15) is 46.6 Å². The molecule has 4 rings (SSSR count). The number of anilines is 2. The standard InChI is InChI=1S/C23H31N5O/c1-17-8-7-9-21(19(17)3)26-12-14-28(15-13-26)23-24-18(2)16-20(25-23)22(29)27-10-5-4-6-11-27/h7-9,16H,4-6,10-15H2,1-3H3. The van der Waals surface area contributed by atoms with Gasteiger partial charge in [-0.15, -0.1) is 0 Å². The van der Waals surface area contributed by atoms with Crippen molar-refractivity contribution in [1.29, 1.82) is 0 Å². The first-order chi connectivity index (χ1) is 14.0. The topological polar surface area (TPSA) is 52.6 Å². The number of piperazine rings is 1. The first-order valence-corrected chi connectivity index (χ1v) is 10.7. The largest absolute Gasteiger partial charge is 0.368 e. The maximum Gasteiger partial charge on any atom is 0.272 e. The summed E-state index contributed by atoms with van der Waals surface area (Å²) in [5.74, 6) is 0.733. The number of carbonyl (C=O) groups excluding carboxylic acids is 1. The van der Waals surface area contributed by atoms with Crippen molar-refractivity contribution >= 4 is 17.5 Å². The van der Waals surface area contributed by atoms with Crippen LogP contribution in [0.5, 0.6) is 0 Å². The van der Waals surface area contributed by atoms with E-state index >= 15 is 0 Å². The highest BCUT2D eigenvalue weighted by Gasteiger charge is 2.24. The van der Waals surface area contributed by atoms with Crippen LogP contribution in [0.4, 0.5) is 11.6 Å². The van der Waals surface area contributed by atoms with Gasteiger partial charge in [-0.05, 0) is 63.3 Å². The summed E-state index contributed by atoms with van der Waals surface area (Å²) >= 11 is 0. The molecule has 3 heterocycles. The zero-order valence-electron chi connectivity index (χ0n) is 17.8. The second-order valence-corrected chi connectivity index (χ2v) is 8.24. The Morgan fingerprint density at radius 2 is 1.55 bits per heavy atom. The minimum Gasteiger partial charge on any atom is -0.368 e. The number of benzene rings is 1. The summed E-state index contributed by atoms with van der Waals surface area (Å²) in [5, 5.41) is 0. The van der Waals surface area contributed by atoms with Crippen molar-refractivity contribution in [3.8, 4) is 0 Å². The van der Waals surface area contributed by atoms with Crippen LogP contribution in [0.2, 0.25) is 0 Å². The third-order valence-corrected chi connectivity index (χ3v) is 6.18. The van der Waals surface area contributed by atoms with Gasteiger partial charge in [-0.2, -0.15) is 0 Å². The van der Waals surface area contributed by atoms with E-state index in [2.05, 4.69) is 51.8 Å². The van der Waals surface area contributed by atoms with Crippen LogP contribution in [0.15, 0.2) is 24.3 Å². The van der Waals surface area contributed by atoms with Gasteiger partial charge in [0.25, 0.3) is 5.91 Å². The van der Waals surface area contributed by atoms with Crippen molar-refractivity contribution in [3.63, 3.8) is 0 Å². The highest BCUT2D eigenvalue weighted by molar-refractivity contribution is 5.92. The molecule has 29 heavy (non-hydrogen) atoms. The van der Waals surface area contributed by atoms with Gasteiger partial charge in [-0.1, -0.05) is 12.1 Å². The summed E-state index contributed by atoms with van der Waals surface area (Å²) in [6, 6.07) is 8.33. The lowest BCUT2D eigenvalue weighted by atomic mass is 10.1. The smallest absolute Gasteiger partial charge is 0.272 e. The van der Waals surface area contributed by atoms with E-state index in [1.807, 2.05) is 17.9 Å². The lowest BCUT2D eigenvalue weighted by Crippen LogP contribution is -2.47. The monoisotopic (exact) mass is 393 g/mol. The van der Waals surface area contributed by atoms with E-state index in [1.54, 1.807) is 0 Å². The van der Waals surface area contributed by atoms with Gasteiger partial charge in [0.1, 0.15) is 5.69 Å². The fraction of sp³-hybridized carbons (Fsp3) is 0.522. The number of aromatic nitrogens is 2. The Morgan fingerprint density at radius 1 is 0.862 bits per heavy atom. The Kier molecular flexibility index (Phi) is 5.69. The first kappa shape index (κ1) is 19.7. The van der Waals surface area contributed by atoms with Crippen LogP contribution in [0, 0.1) is 20.8 Å². The number of nitrogens with zero attached hydrogens (tertiary/aromatic N) is 5. The summed E-state index contributed by atoms with van der Waals surface area (Å²) in [4.78, 5) is 28.8. The van der Waals surface area contributed by atoms with Crippen molar-refractivity contribution in [3.05, 3.63) is 46.8 Å². The second-order valence-electron chi connectivity index (χ2n) is 8.24. The maximum absolute atomic E-state index is 12.9. The van der Waals surface area contributed by atoms with Gasteiger partial charge in [0.2, 0.25) is 5.95 Å². The molecule has 1 aromatic carbocycles. The van der Waals surface area contributed by atoms with Crippen LogP contribution in [0.25, 0.3) is 0 Å². The molecule has 6 nitrogen and oxygen atoms in total. The lowest BCUT2D eigenvalue weighted by molar-refractivity contribution is 0.0718. The molecule has 154 valence electrons. The fourth-order valence-corrected chi connectivity index (χ4v) is 4.29. The van der Waals surface area contributed by atoms with Gasteiger partial charge in [-0.25, -0.2) is 9.97 Å². The Balaban J connectivity index is 1.47. The quantitative estimate of drug-likeness (QED) is 0.800. The minimum atomic E-state index is 0.0467. The van der Waals surface area contributed by atoms with E-state index in [0.717, 1.165) is 57.8 Å². The number of hydrogen-bond acceptors (Lipinski definition) is 5. The molecule has 0 bridgehead atoms. The Labute approximate surface area is 173 Å². The van der Waals surface area contributed by atoms with Gasteiger partial charge >= 0.3 is 0 Å². The van der Waals surface area contributed by atoms with Gasteiger partial charge < -0.3 is 14.7 Å². The molecule has 0 atom stereocenters. The van der Waals surface area contributed by atoms with Gasteiger partial charge in [0.15, 0.2) is 0 Å². The van der Waals surface area contributed by atoms with E-state index in [1.165, 1.54) is 23.2 Å². The van der Waals surface area contributed by atoms with Crippen molar-refractivity contribution in [2.24, 2.45) is 0 Å². The van der Waals surface area contributed by atoms with Crippen molar-refractivity contribution < 1.29 is 4.79 Å². The normalized spacial score (nSPS) is 17.6. The van der Waals surface area contributed by atoms with Crippen molar-refractivity contribution in [2.45, 2.75) is 40.0 Å². The number of hydrogen-bond donors (Lipinski definition) is 0. The predicted octanol–water partition coefficient (Wildman–Crippen LogP) is 3.35. The number of carbonyl (C=O) groups is 1. The van der Waals surface area contributed by atoms with E-state index in [0.29, 0.717) is 11.6 Å². The highest BCUT2D eigenvalue weighted by atomic mass is 16.2. The number of rotatable bonds is 3. The predicted molar refractivity (Wildman–Crippen MR) is 117 cm³/mol. The first-order valence-electron chi connectivity index (χ1n) is 10.7. The third-order valence-electron chi connectivity index (χ3n) is 6.18. The van der Waals surface area contributed by atoms with Crippen LogP contribution in [-0.2, 0) is 0 Å². The third kappa shape index (κ3) is 4.21. The van der Waals surface area contributed by atoms with Crippen molar-refractivity contribution in [2.75, 3.05) is 49.1 Å². The molecule has 1 amide bonds. The summed E-state index contributed by atoms with van der Waals surface area (Å²) in [6.45, 7) is 11.5. The summed E-state index contributed by atoms with van der Waals surface area (Å²) in [7, 11) is 0. The molecule has 2 aliphatic heterocycles. The molecule has 1 aromatic heterocycles. The van der Waals surface area contributed by atoms with E-state index in [4.69, 9.17) is 0 Å². The molecule has 2 saturated heterocycles. The molecule has 0 N–H and O–H groups in total. The minimum absolute atomic E-state index is 0.0467. The zero-order chi connectivity index (χ0) is 20.4. The summed E-state index contributed by atoms with van der Waals surface area (Å²) in [6.07, 6.45) is 3.38. The highest BCUT2D eigenvalue weighted by Crippen LogP contribution is 2.25.